The molecule has 1 unspecified atom stereocenters. The van der Waals surface area contributed by atoms with E-state index in [2.05, 4.69) is 15.0 Å². The van der Waals surface area contributed by atoms with Crippen molar-refractivity contribution in [2.45, 2.75) is 13.0 Å². The number of pyridine rings is 1. The molecule has 31 heavy (non-hydrogen) atoms. The number of amides is 1. The standard InChI is InChI=1S/C23H24N6O2/c1-16(22(30)28-13-11-27(12-14-28)20-9-5-6-10-24-20)29-19-8-4-3-7-17(19)18-15-25-26(2)23(31)21(18)29/h3-10,15-16H,11-14H2,1-2H3. The molecule has 5 rings (SSSR count). The van der Waals surface area contributed by atoms with Gasteiger partial charge in [0, 0.05) is 50.2 Å². The summed E-state index contributed by atoms with van der Waals surface area (Å²) in [5.41, 5.74) is 1.19. The molecule has 158 valence electrons. The van der Waals surface area contributed by atoms with Crippen LogP contribution < -0.4 is 10.5 Å². The summed E-state index contributed by atoms with van der Waals surface area (Å²) in [5.74, 6) is 0.947. The third-order valence-corrected chi connectivity index (χ3v) is 6.12. The van der Waals surface area contributed by atoms with Gasteiger partial charge in [0.2, 0.25) is 5.91 Å². The minimum Gasteiger partial charge on any atom is -0.353 e. The lowest BCUT2D eigenvalue weighted by atomic mass is 10.2. The third-order valence-electron chi connectivity index (χ3n) is 6.12. The summed E-state index contributed by atoms with van der Waals surface area (Å²) < 4.78 is 3.20. The Bertz CT molecular complexity index is 1320. The monoisotopic (exact) mass is 416 g/mol. The van der Waals surface area contributed by atoms with E-state index < -0.39 is 6.04 Å². The minimum atomic E-state index is -0.501. The molecule has 1 saturated heterocycles. The summed E-state index contributed by atoms with van der Waals surface area (Å²) in [4.78, 5) is 34.9. The largest absolute Gasteiger partial charge is 0.353 e. The van der Waals surface area contributed by atoms with Gasteiger partial charge in [-0.3, -0.25) is 9.59 Å². The molecule has 4 aromatic rings. The molecule has 0 saturated carbocycles. The Hall–Kier alpha value is -3.68. The number of carbonyl (C=O) groups excluding carboxylic acids is 1. The molecule has 1 atom stereocenters. The molecule has 1 amide bonds. The number of aromatic nitrogens is 4. The van der Waals surface area contributed by atoms with E-state index in [1.165, 1.54) is 4.68 Å². The Labute approximate surface area is 179 Å². The van der Waals surface area contributed by atoms with Gasteiger partial charge in [-0.15, -0.1) is 0 Å². The van der Waals surface area contributed by atoms with Gasteiger partial charge in [-0.1, -0.05) is 24.3 Å². The summed E-state index contributed by atoms with van der Waals surface area (Å²) in [6.45, 7) is 4.58. The van der Waals surface area contributed by atoms with Crippen molar-refractivity contribution in [2.24, 2.45) is 7.05 Å². The van der Waals surface area contributed by atoms with Crippen LogP contribution in [0.2, 0.25) is 0 Å². The summed E-state index contributed by atoms with van der Waals surface area (Å²) in [7, 11) is 1.63. The maximum absolute atomic E-state index is 13.5. The molecule has 1 aliphatic heterocycles. The molecule has 0 radical (unpaired) electrons. The SMILES string of the molecule is CC(C(=O)N1CCN(c2ccccn2)CC1)n1c2ccccc2c2cnn(C)c(=O)c21. The first-order valence-electron chi connectivity index (χ1n) is 10.5. The third kappa shape index (κ3) is 3.15. The van der Waals surface area contributed by atoms with Crippen LogP contribution in [0.15, 0.2) is 59.7 Å². The number of benzene rings is 1. The first-order chi connectivity index (χ1) is 15.1. The van der Waals surface area contributed by atoms with Crippen LogP contribution in [0.25, 0.3) is 21.8 Å². The van der Waals surface area contributed by atoms with E-state index in [1.54, 1.807) is 19.4 Å². The Balaban J connectivity index is 1.48. The van der Waals surface area contributed by atoms with Gasteiger partial charge >= 0.3 is 0 Å². The number of piperazine rings is 1. The van der Waals surface area contributed by atoms with Gasteiger partial charge in [0.15, 0.2) is 0 Å². The van der Waals surface area contributed by atoms with Crippen LogP contribution in [0.3, 0.4) is 0 Å². The van der Waals surface area contributed by atoms with E-state index in [9.17, 15) is 9.59 Å². The fourth-order valence-corrected chi connectivity index (χ4v) is 4.46. The van der Waals surface area contributed by atoms with Crippen molar-refractivity contribution >= 4 is 33.5 Å². The number of anilines is 1. The van der Waals surface area contributed by atoms with Crippen LogP contribution in [0.1, 0.15) is 13.0 Å². The molecule has 0 bridgehead atoms. The normalized spacial score (nSPS) is 15.5. The van der Waals surface area contributed by atoms with Gasteiger partial charge in [0.05, 0.1) is 11.7 Å². The highest BCUT2D eigenvalue weighted by atomic mass is 16.2. The average Bonchev–Trinajstić information content (AvgIpc) is 3.16. The average molecular weight is 416 g/mol. The number of carbonyl (C=O) groups is 1. The Morgan fingerprint density at radius 3 is 2.48 bits per heavy atom. The van der Waals surface area contributed by atoms with E-state index in [-0.39, 0.29) is 11.5 Å². The molecule has 1 aromatic carbocycles. The van der Waals surface area contributed by atoms with Gasteiger partial charge in [0.25, 0.3) is 5.56 Å². The van der Waals surface area contributed by atoms with E-state index >= 15 is 0 Å². The van der Waals surface area contributed by atoms with Crippen molar-refractivity contribution in [1.82, 2.24) is 24.2 Å². The van der Waals surface area contributed by atoms with Crippen molar-refractivity contribution in [3.8, 4) is 0 Å². The highest BCUT2D eigenvalue weighted by molar-refractivity contribution is 6.08. The maximum atomic E-state index is 13.5. The predicted molar refractivity (Wildman–Crippen MR) is 120 cm³/mol. The fourth-order valence-electron chi connectivity index (χ4n) is 4.46. The van der Waals surface area contributed by atoms with Crippen LogP contribution in [-0.4, -0.2) is 56.3 Å². The van der Waals surface area contributed by atoms with Crippen LogP contribution in [-0.2, 0) is 11.8 Å². The first-order valence-corrected chi connectivity index (χ1v) is 10.5. The fraction of sp³-hybridized carbons (Fsp3) is 0.304. The lowest BCUT2D eigenvalue weighted by Gasteiger charge is -2.36. The highest BCUT2D eigenvalue weighted by Gasteiger charge is 2.29. The molecule has 0 N–H and O–H groups in total. The van der Waals surface area contributed by atoms with Gasteiger partial charge in [0.1, 0.15) is 17.4 Å². The van der Waals surface area contributed by atoms with Crippen molar-refractivity contribution in [1.29, 1.82) is 0 Å². The van der Waals surface area contributed by atoms with Crippen molar-refractivity contribution in [2.75, 3.05) is 31.1 Å². The Kier molecular flexibility index (Phi) is 4.69. The van der Waals surface area contributed by atoms with Crippen LogP contribution in [0, 0.1) is 0 Å². The van der Waals surface area contributed by atoms with Gasteiger partial charge in [-0.25, -0.2) is 9.67 Å². The maximum Gasteiger partial charge on any atom is 0.291 e. The number of hydrogen-bond acceptors (Lipinski definition) is 5. The molecule has 4 heterocycles. The number of aryl methyl sites for hydroxylation is 1. The van der Waals surface area contributed by atoms with E-state index in [4.69, 9.17) is 0 Å². The number of hydrogen-bond donors (Lipinski definition) is 0. The summed E-state index contributed by atoms with van der Waals surface area (Å²) in [6.07, 6.45) is 3.49. The molecule has 1 fully saturated rings. The van der Waals surface area contributed by atoms with E-state index in [0.717, 1.165) is 35.2 Å². The topological polar surface area (TPSA) is 76.3 Å². The number of fused-ring (bicyclic) bond motifs is 3. The van der Waals surface area contributed by atoms with Gasteiger partial charge in [-0.2, -0.15) is 5.10 Å². The molecule has 0 spiro atoms. The van der Waals surface area contributed by atoms with Crippen LogP contribution in [0.4, 0.5) is 5.82 Å². The second-order valence-electron chi connectivity index (χ2n) is 7.90. The van der Waals surface area contributed by atoms with Crippen molar-refractivity contribution < 1.29 is 4.79 Å². The van der Waals surface area contributed by atoms with Crippen molar-refractivity contribution in [3.05, 3.63) is 65.2 Å². The second kappa shape index (κ2) is 7.54. The lowest BCUT2D eigenvalue weighted by molar-refractivity contribution is -0.134. The van der Waals surface area contributed by atoms with Crippen molar-refractivity contribution in [3.63, 3.8) is 0 Å². The predicted octanol–water partition coefficient (Wildman–Crippen LogP) is 2.19. The zero-order valence-corrected chi connectivity index (χ0v) is 17.6. The molecular formula is C23H24N6O2. The Morgan fingerprint density at radius 1 is 1.00 bits per heavy atom. The summed E-state index contributed by atoms with van der Waals surface area (Å²) >= 11 is 0. The smallest absolute Gasteiger partial charge is 0.291 e. The summed E-state index contributed by atoms with van der Waals surface area (Å²) in [5, 5.41) is 5.89. The molecule has 0 aliphatic carbocycles. The zero-order chi connectivity index (χ0) is 21.5. The minimum absolute atomic E-state index is 0.0159. The Morgan fingerprint density at radius 2 is 1.74 bits per heavy atom. The quantitative estimate of drug-likeness (QED) is 0.512. The van der Waals surface area contributed by atoms with E-state index in [0.29, 0.717) is 18.6 Å². The zero-order valence-electron chi connectivity index (χ0n) is 17.6. The van der Waals surface area contributed by atoms with Crippen LogP contribution >= 0.6 is 0 Å². The number of rotatable bonds is 3. The van der Waals surface area contributed by atoms with E-state index in [1.807, 2.05) is 58.9 Å². The highest BCUT2D eigenvalue weighted by Crippen LogP contribution is 2.30. The van der Waals surface area contributed by atoms with Crippen LogP contribution in [0.5, 0.6) is 0 Å². The second-order valence-corrected chi connectivity index (χ2v) is 7.90. The molecule has 3 aromatic heterocycles. The molecule has 8 heteroatoms. The number of nitrogens with zero attached hydrogens (tertiary/aromatic N) is 6. The molecule has 8 nitrogen and oxygen atoms in total. The summed E-state index contributed by atoms with van der Waals surface area (Å²) in [6, 6.07) is 13.2. The first kappa shape index (κ1) is 19.3. The van der Waals surface area contributed by atoms with Gasteiger partial charge < -0.3 is 14.4 Å². The molecule has 1 aliphatic rings. The number of para-hydroxylation sites is 1. The lowest BCUT2D eigenvalue weighted by Crippen LogP contribution is -2.50. The molecular weight excluding hydrogens is 392 g/mol. The van der Waals surface area contributed by atoms with Gasteiger partial charge in [-0.05, 0) is 25.1 Å².